The summed E-state index contributed by atoms with van der Waals surface area (Å²) in [7, 11) is 5.09. The SMILES string of the molecule is COCCN(CCOC)c1ccc(N)cc1-c1ccc(OC)cc1. The standard InChI is InChI=1S/C19H26N2O3/c1-22-12-10-21(11-13-23-2)19-9-6-16(20)14-18(19)15-4-7-17(24-3)8-5-15/h4-9,14H,10-13,20H2,1-3H3. The van der Waals surface area contributed by atoms with Gasteiger partial charge in [-0.25, -0.2) is 0 Å². The molecule has 0 heterocycles. The van der Waals surface area contributed by atoms with Crippen LogP contribution in [-0.2, 0) is 9.47 Å². The fourth-order valence-electron chi connectivity index (χ4n) is 2.59. The van der Waals surface area contributed by atoms with E-state index in [1.807, 2.05) is 36.4 Å². The molecule has 0 amide bonds. The third-order valence-corrected chi connectivity index (χ3v) is 3.89. The van der Waals surface area contributed by atoms with E-state index in [4.69, 9.17) is 19.9 Å². The van der Waals surface area contributed by atoms with Gasteiger partial charge in [0.15, 0.2) is 0 Å². The lowest BCUT2D eigenvalue weighted by Crippen LogP contribution is -2.31. The third kappa shape index (κ3) is 4.63. The molecular formula is C19H26N2O3. The van der Waals surface area contributed by atoms with Gasteiger partial charge in [-0.2, -0.15) is 0 Å². The van der Waals surface area contributed by atoms with Crippen molar-refractivity contribution >= 4 is 11.4 Å². The smallest absolute Gasteiger partial charge is 0.118 e. The van der Waals surface area contributed by atoms with Gasteiger partial charge in [0.25, 0.3) is 0 Å². The maximum Gasteiger partial charge on any atom is 0.118 e. The van der Waals surface area contributed by atoms with Crippen molar-refractivity contribution in [2.45, 2.75) is 0 Å². The van der Waals surface area contributed by atoms with Crippen LogP contribution in [0.15, 0.2) is 42.5 Å². The second-order valence-electron chi connectivity index (χ2n) is 5.48. The highest BCUT2D eigenvalue weighted by Crippen LogP contribution is 2.33. The number of nitrogens with two attached hydrogens (primary N) is 1. The second kappa shape index (κ2) is 9.15. The Balaban J connectivity index is 2.39. The molecule has 2 aromatic carbocycles. The Morgan fingerprint density at radius 3 is 2.04 bits per heavy atom. The molecular weight excluding hydrogens is 304 g/mol. The van der Waals surface area contributed by atoms with E-state index in [9.17, 15) is 0 Å². The summed E-state index contributed by atoms with van der Waals surface area (Å²) in [4.78, 5) is 2.26. The average molecular weight is 330 g/mol. The average Bonchev–Trinajstić information content (AvgIpc) is 2.62. The maximum atomic E-state index is 6.03. The fraction of sp³-hybridized carbons (Fsp3) is 0.368. The number of anilines is 2. The Morgan fingerprint density at radius 2 is 1.50 bits per heavy atom. The Bertz CT molecular complexity index is 621. The van der Waals surface area contributed by atoms with Crippen LogP contribution in [0.1, 0.15) is 0 Å². The molecule has 2 aromatic rings. The van der Waals surface area contributed by atoms with E-state index in [-0.39, 0.29) is 0 Å². The fourth-order valence-corrected chi connectivity index (χ4v) is 2.59. The van der Waals surface area contributed by atoms with Crippen molar-refractivity contribution in [3.05, 3.63) is 42.5 Å². The van der Waals surface area contributed by atoms with Crippen LogP contribution in [0.2, 0.25) is 0 Å². The number of benzene rings is 2. The molecule has 0 atom stereocenters. The zero-order valence-corrected chi connectivity index (χ0v) is 14.6. The van der Waals surface area contributed by atoms with Gasteiger partial charge in [-0.15, -0.1) is 0 Å². The monoisotopic (exact) mass is 330 g/mol. The van der Waals surface area contributed by atoms with E-state index < -0.39 is 0 Å². The number of hydrogen-bond donors (Lipinski definition) is 1. The predicted molar refractivity (Wildman–Crippen MR) is 98.8 cm³/mol. The topological polar surface area (TPSA) is 57.0 Å². The van der Waals surface area contributed by atoms with E-state index in [1.54, 1.807) is 21.3 Å². The minimum atomic E-state index is 0.649. The first-order chi connectivity index (χ1) is 11.7. The summed E-state index contributed by atoms with van der Waals surface area (Å²) in [5, 5.41) is 0. The third-order valence-electron chi connectivity index (χ3n) is 3.89. The van der Waals surface area contributed by atoms with Gasteiger partial charge in [-0.05, 0) is 35.9 Å². The van der Waals surface area contributed by atoms with E-state index in [1.165, 1.54) is 0 Å². The van der Waals surface area contributed by atoms with Gasteiger partial charge in [0.2, 0.25) is 0 Å². The van der Waals surface area contributed by atoms with Crippen molar-refractivity contribution in [1.82, 2.24) is 0 Å². The molecule has 0 spiro atoms. The van der Waals surface area contributed by atoms with Gasteiger partial charge in [-0.1, -0.05) is 12.1 Å². The molecule has 24 heavy (non-hydrogen) atoms. The number of rotatable bonds is 9. The molecule has 0 aliphatic heterocycles. The minimum Gasteiger partial charge on any atom is -0.497 e. The van der Waals surface area contributed by atoms with Gasteiger partial charge in [-0.3, -0.25) is 0 Å². The van der Waals surface area contributed by atoms with Crippen molar-refractivity contribution in [2.24, 2.45) is 0 Å². The molecule has 0 fully saturated rings. The molecule has 2 rings (SSSR count). The second-order valence-corrected chi connectivity index (χ2v) is 5.48. The molecule has 0 saturated heterocycles. The van der Waals surface area contributed by atoms with Crippen molar-refractivity contribution in [1.29, 1.82) is 0 Å². The molecule has 0 bridgehead atoms. The number of nitrogen functional groups attached to an aromatic ring is 1. The Hall–Kier alpha value is -2.24. The van der Waals surface area contributed by atoms with Gasteiger partial charge in [0.1, 0.15) is 5.75 Å². The highest BCUT2D eigenvalue weighted by atomic mass is 16.5. The lowest BCUT2D eigenvalue weighted by atomic mass is 10.0. The zero-order valence-electron chi connectivity index (χ0n) is 14.6. The van der Waals surface area contributed by atoms with E-state index >= 15 is 0 Å². The van der Waals surface area contributed by atoms with Crippen molar-refractivity contribution < 1.29 is 14.2 Å². The number of hydrogen-bond acceptors (Lipinski definition) is 5. The molecule has 0 aliphatic rings. The molecule has 0 aromatic heterocycles. The lowest BCUT2D eigenvalue weighted by Gasteiger charge is -2.27. The van der Waals surface area contributed by atoms with Crippen LogP contribution in [0.5, 0.6) is 5.75 Å². The number of methoxy groups -OCH3 is 3. The van der Waals surface area contributed by atoms with Gasteiger partial charge in [0.05, 0.1) is 20.3 Å². The Morgan fingerprint density at radius 1 is 0.875 bits per heavy atom. The molecule has 0 aliphatic carbocycles. The van der Waals surface area contributed by atoms with Crippen LogP contribution < -0.4 is 15.4 Å². The van der Waals surface area contributed by atoms with E-state index in [2.05, 4.69) is 11.0 Å². The quantitative estimate of drug-likeness (QED) is 0.716. The summed E-state index contributed by atoms with van der Waals surface area (Å²) in [6, 6.07) is 14.0. The van der Waals surface area contributed by atoms with E-state index in [0.29, 0.717) is 13.2 Å². The minimum absolute atomic E-state index is 0.649. The van der Waals surface area contributed by atoms with Crippen LogP contribution in [0, 0.1) is 0 Å². The van der Waals surface area contributed by atoms with Crippen LogP contribution >= 0.6 is 0 Å². The molecule has 0 saturated carbocycles. The Kier molecular flexibility index (Phi) is 6.90. The first kappa shape index (κ1) is 18.1. The zero-order chi connectivity index (χ0) is 17.4. The van der Waals surface area contributed by atoms with Crippen molar-refractivity contribution in [2.75, 3.05) is 58.3 Å². The first-order valence-corrected chi connectivity index (χ1v) is 7.96. The highest BCUT2D eigenvalue weighted by Gasteiger charge is 2.13. The van der Waals surface area contributed by atoms with Crippen LogP contribution in [0.3, 0.4) is 0 Å². The Labute approximate surface area is 143 Å². The molecule has 0 radical (unpaired) electrons. The van der Waals surface area contributed by atoms with Crippen LogP contribution in [-0.4, -0.2) is 47.6 Å². The van der Waals surface area contributed by atoms with Gasteiger partial charge >= 0.3 is 0 Å². The van der Waals surface area contributed by atoms with Crippen LogP contribution in [0.25, 0.3) is 11.1 Å². The molecule has 2 N–H and O–H groups in total. The van der Waals surface area contributed by atoms with Gasteiger partial charge < -0.3 is 24.8 Å². The molecule has 130 valence electrons. The summed E-state index contributed by atoms with van der Waals surface area (Å²) in [5.41, 5.74) is 10.1. The van der Waals surface area contributed by atoms with Crippen LogP contribution in [0.4, 0.5) is 11.4 Å². The lowest BCUT2D eigenvalue weighted by molar-refractivity contribution is 0.190. The normalized spacial score (nSPS) is 10.6. The molecule has 5 heteroatoms. The van der Waals surface area contributed by atoms with Gasteiger partial charge in [0, 0.05) is 44.2 Å². The maximum absolute atomic E-state index is 6.03. The van der Waals surface area contributed by atoms with Crippen molar-refractivity contribution in [3.8, 4) is 16.9 Å². The van der Waals surface area contributed by atoms with E-state index in [0.717, 1.165) is 41.3 Å². The largest absolute Gasteiger partial charge is 0.497 e. The molecule has 5 nitrogen and oxygen atoms in total. The summed E-state index contributed by atoms with van der Waals surface area (Å²) in [6.07, 6.45) is 0. The number of ether oxygens (including phenoxy) is 3. The molecule has 0 unspecified atom stereocenters. The summed E-state index contributed by atoms with van der Waals surface area (Å²) < 4.78 is 15.7. The predicted octanol–water partition coefficient (Wildman–Crippen LogP) is 3.04. The summed E-state index contributed by atoms with van der Waals surface area (Å²) in [6.45, 7) is 2.87. The first-order valence-electron chi connectivity index (χ1n) is 7.96. The highest BCUT2D eigenvalue weighted by molar-refractivity contribution is 5.81. The summed E-state index contributed by atoms with van der Waals surface area (Å²) in [5.74, 6) is 0.833. The van der Waals surface area contributed by atoms with Crippen molar-refractivity contribution in [3.63, 3.8) is 0 Å². The summed E-state index contributed by atoms with van der Waals surface area (Å²) >= 11 is 0. The number of nitrogens with zero attached hydrogens (tertiary/aromatic N) is 1.